The van der Waals surface area contributed by atoms with Gasteiger partial charge in [0, 0.05) is 5.92 Å². The minimum Gasteiger partial charge on any atom is -0.506 e. The lowest BCUT2D eigenvalue weighted by Gasteiger charge is -2.22. The molecule has 0 aliphatic rings. The average molecular weight is 586 g/mol. The summed E-state index contributed by atoms with van der Waals surface area (Å²) < 4.78 is 2.69. The van der Waals surface area contributed by atoms with Crippen LogP contribution < -0.4 is 0 Å². The molecule has 6 heteroatoms. The summed E-state index contributed by atoms with van der Waals surface area (Å²) in [7, 11) is 0. The van der Waals surface area contributed by atoms with Gasteiger partial charge in [-0.25, -0.2) is 0 Å². The first-order valence-corrected chi connectivity index (χ1v) is 10.9. The van der Waals surface area contributed by atoms with Gasteiger partial charge in [0.15, 0.2) is 0 Å². The van der Waals surface area contributed by atoms with Crippen LogP contribution >= 0.6 is 63.7 Å². The largest absolute Gasteiger partial charge is 0.506 e. The maximum absolute atomic E-state index is 10.3. The van der Waals surface area contributed by atoms with Crippen LogP contribution in [0, 0.1) is 0 Å². The van der Waals surface area contributed by atoms with Crippen molar-refractivity contribution in [2.24, 2.45) is 0 Å². The summed E-state index contributed by atoms with van der Waals surface area (Å²) in [5.41, 5.74) is 2.02. The van der Waals surface area contributed by atoms with Gasteiger partial charge in [0.1, 0.15) is 11.5 Å². The summed E-state index contributed by atoms with van der Waals surface area (Å²) in [5.74, 6) is 0.467. The van der Waals surface area contributed by atoms with Crippen molar-refractivity contribution in [3.05, 3.63) is 53.3 Å². The third-order valence-electron chi connectivity index (χ3n) is 4.04. The van der Waals surface area contributed by atoms with E-state index in [-0.39, 0.29) is 17.4 Å². The molecule has 0 heterocycles. The second kappa shape index (κ2) is 9.06. The molecule has 0 bridgehead atoms. The summed E-state index contributed by atoms with van der Waals surface area (Å²) >= 11 is 13.8. The number of unbranched alkanes of at least 4 members (excludes halogenated alkanes) is 2. The SMILES string of the molecule is CCCCCC(c1ccc(Br)c(O)c1Br)c1ccc(Br)c(O)c1Br. The molecular formula is C18H18Br4O2. The number of aromatic hydroxyl groups is 2. The molecule has 130 valence electrons. The van der Waals surface area contributed by atoms with E-state index in [0.29, 0.717) is 17.9 Å². The van der Waals surface area contributed by atoms with Gasteiger partial charge in [0.05, 0.1) is 17.9 Å². The smallest absolute Gasteiger partial charge is 0.144 e. The van der Waals surface area contributed by atoms with Gasteiger partial charge in [-0.15, -0.1) is 0 Å². The Morgan fingerprint density at radius 2 is 1.25 bits per heavy atom. The zero-order valence-electron chi connectivity index (χ0n) is 13.1. The fourth-order valence-corrected chi connectivity index (χ4v) is 5.17. The van der Waals surface area contributed by atoms with Crippen molar-refractivity contribution in [3.63, 3.8) is 0 Å². The van der Waals surface area contributed by atoms with E-state index >= 15 is 0 Å². The van der Waals surface area contributed by atoms with Crippen LogP contribution in [0.1, 0.15) is 49.7 Å². The van der Waals surface area contributed by atoms with E-state index in [0.717, 1.165) is 36.8 Å². The Labute approximate surface area is 176 Å². The number of halogens is 4. The molecule has 0 aliphatic carbocycles. The summed E-state index contributed by atoms with van der Waals surface area (Å²) in [6.07, 6.45) is 4.31. The van der Waals surface area contributed by atoms with Gasteiger partial charge < -0.3 is 10.2 Å². The Kier molecular flexibility index (Phi) is 7.65. The zero-order valence-corrected chi connectivity index (χ0v) is 19.5. The second-order valence-electron chi connectivity index (χ2n) is 5.65. The highest BCUT2D eigenvalue weighted by molar-refractivity contribution is 9.11. The van der Waals surface area contributed by atoms with E-state index in [2.05, 4.69) is 70.6 Å². The molecule has 2 nitrogen and oxygen atoms in total. The average Bonchev–Trinajstić information content (AvgIpc) is 2.56. The molecule has 0 amide bonds. The normalized spacial score (nSPS) is 11.2. The van der Waals surface area contributed by atoms with Crippen molar-refractivity contribution in [1.29, 1.82) is 0 Å². The van der Waals surface area contributed by atoms with Crippen LogP contribution in [0.3, 0.4) is 0 Å². The Hall–Kier alpha value is -0.0400. The van der Waals surface area contributed by atoms with Crippen LogP contribution in [0.4, 0.5) is 0 Å². The van der Waals surface area contributed by atoms with Crippen molar-refractivity contribution >= 4 is 63.7 Å². The quantitative estimate of drug-likeness (QED) is 0.339. The van der Waals surface area contributed by atoms with E-state index in [1.807, 2.05) is 24.3 Å². The molecular weight excluding hydrogens is 568 g/mol. The van der Waals surface area contributed by atoms with Gasteiger partial charge in [0.2, 0.25) is 0 Å². The minimum absolute atomic E-state index is 0.0679. The first kappa shape index (κ1) is 20.3. The highest BCUT2D eigenvalue weighted by Crippen LogP contribution is 2.46. The van der Waals surface area contributed by atoms with E-state index < -0.39 is 0 Å². The van der Waals surface area contributed by atoms with Gasteiger partial charge >= 0.3 is 0 Å². The van der Waals surface area contributed by atoms with E-state index in [1.165, 1.54) is 0 Å². The second-order valence-corrected chi connectivity index (χ2v) is 8.94. The molecule has 2 aromatic rings. The maximum Gasteiger partial charge on any atom is 0.144 e. The van der Waals surface area contributed by atoms with Crippen molar-refractivity contribution in [2.45, 2.75) is 38.5 Å². The highest BCUT2D eigenvalue weighted by atomic mass is 79.9. The van der Waals surface area contributed by atoms with Crippen LogP contribution in [0.25, 0.3) is 0 Å². The number of hydrogen-bond acceptors (Lipinski definition) is 2. The van der Waals surface area contributed by atoms with Gasteiger partial charge in [0.25, 0.3) is 0 Å². The Bertz CT molecular complexity index is 674. The summed E-state index contributed by atoms with van der Waals surface area (Å²) in [6, 6.07) is 7.73. The van der Waals surface area contributed by atoms with E-state index in [1.54, 1.807) is 0 Å². The summed E-state index contributed by atoms with van der Waals surface area (Å²) in [6.45, 7) is 2.18. The fourth-order valence-electron chi connectivity index (χ4n) is 2.73. The zero-order chi connectivity index (χ0) is 17.9. The van der Waals surface area contributed by atoms with Gasteiger partial charge in [-0.1, -0.05) is 38.3 Å². The molecule has 2 aromatic carbocycles. The molecule has 24 heavy (non-hydrogen) atoms. The number of phenolic OH excluding ortho intramolecular Hbond substituents is 2. The maximum atomic E-state index is 10.3. The lowest BCUT2D eigenvalue weighted by Crippen LogP contribution is -2.04. The molecule has 0 radical (unpaired) electrons. The first-order chi connectivity index (χ1) is 11.4. The Morgan fingerprint density at radius 3 is 1.67 bits per heavy atom. The number of phenols is 2. The molecule has 0 fully saturated rings. The predicted molar refractivity (Wildman–Crippen MR) is 113 cm³/mol. The van der Waals surface area contributed by atoms with Crippen molar-refractivity contribution in [2.75, 3.05) is 0 Å². The molecule has 2 rings (SSSR count). The third kappa shape index (κ3) is 4.37. The predicted octanol–water partition coefficient (Wildman–Crippen LogP) is 7.86. The van der Waals surface area contributed by atoms with Gasteiger partial charge in [-0.3, -0.25) is 0 Å². The number of benzene rings is 2. The van der Waals surface area contributed by atoms with Gasteiger partial charge in [-0.05, 0) is 93.4 Å². The van der Waals surface area contributed by atoms with Gasteiger partial charge in [-0.2, -0.15) is 0 Å². The summed E-state index contributed by atoms with van der Waals surface area (Å²) in [4.78, 5) is 0. The number of rotatable bonds is 6. The van der Waals surface area contributed by atoms with Crippen LogP contribution in [0.5, 0.6) is 11.5 Å². The molecule has 0 atom stereocenters. The molecule has 0 saturated carbocycles. The van der Waals surface area contributed by atoms with Crippen molar-refractivity contribution in [1.82, 2.24) is 0 Å². The Balaban J connectivity index is 2.54. The van der Waals surface area contributed by atoms with Crippen LogP contribution in [-0.2, 0) is 0 Å². The standard InChI is InChI=1S/C18H18Br4O2/c1-2-3-4-5-10(11-6-8-13(19)17(23)15(11)21)12-7-9-14(20)18(24)16(12)22/h6-10,23-24H,2-5H2,1H3. The lowest BCUT2D eigenvalue weighted by molar-refractivity contribution is 0.464. The lowest BCUT2D eigenvalue weighted by atomic mass is 9.86. The monoisotopic (exact) mass is 582 g/mol. The Morgan fingerprint density at radius 1 is 0.792 bits per heavy atom. The van der Waals surface area contributed by atoms with Crippen LogP contribution in [0.2, 0.25) is 0 Å². The molecule has 0 aromatic heterocycles. The molecule has 0 spiro atoms. The molecule has 0 unspecified atom stereocenters. The highest BCUT2D eigenvalue weighted by Gasteiger charge is 2.23. The third-order valence-corrected chi connectivity index (χ3v) is 6.99. The van der Waals surface area contributed by atoms with Crippen molar-refractivity contribution in [3.8, 4) is 11.5 Å². The summed E-state index contributed by atoms with van der Waals surface area (Å²) in [5, 5.41) is 20.5. The first-order valence-electron chi connectivity index (χ1n) is 7.72. The molecule has 0 aliphatic heterocycles. The van der Waals surface area contributed by atoms with E-state index in [9.17, 15) is 10.2 Å². The van der Waals surface area contributed by atoms with Crippen LogP contribution in [-0.4, -0.2) is 10.2 Å². The molecule has 0 saturated heterocycles. The van der Waals surface area contributed by atoms with Crippen molar-refractivity contribution < 1.29 is 10.2 Å². The minimum atomic E-state index is 0.0679. The topological polar surface area (TPSA) is 40.5 Å². The molecule has 2 N–H and O–H groups in total. The van der Waals surface area contributed by atoms with Crippen LogP contribution in [0.15, 0.2) is 42.2 Å². The van der Waals surface area contributed by atoms with E-state index in [4.69, 9.17) is 0 Å². The number of hydrogen-bond donors (Lipinski definition) is 2. The fraction of sp³-hybridized carbons (Fsp3) is 0.333.